The van der Waals surface area contributed by atoms with E-state index in [-0.39, 0.29) is 0 Å². The standard InChI is InChI=1S/C15H23N3O/c1-5-13-8-14(6-2)18(17-13)10-12-7-15(9-16-4)19-11(12)3/h7-8,16H,5-6,9-10H2,1-4H3. The molecule has 4 heteroatoms. The maximum atomic E-state index is 5.73. The van der Waals surface area contributed by atoms with Crippen LogP contribution in [0.5, 0.6) is 0 Å². The molecule has 0 bridgehead atoms. The summed E-state index contributed by atoms with van der Waals surface area (Å²) in [4.78, 5) is 0. The maximum Gasteiger partial charge on any atom is 0.118 e. The van der Waals surface area contributed by atoms with Gasteiger partial charge in [0.25, 0.3) is 0 Å². The number of furan rings is 1. The average Bonchev–Trinajstić information content (AvgIpc) is 2.94. The van der Waals surface area contributed by atoms with E-state index < -0.39 is 0 Å². The second-order valence-electron chi connectivity index (χ2n) is 4.82. The molecule has 0 unspecified atom stereocenters. The van der Waals surface area contributed by atoms with Crippen LogP contribution in [0.15, 0.2) is 16.5 Å². The first-order valence-electron chi connectivity index (χ1n) is 6.96. The molecule has 0 aliphatic heterocycles. The Kier molecular flexibility index (Phi) is 4.43. The van der Waals surface area contributed by atoms with Gasteiger partial charge >= 0.3 is 0 Å². The summed E-state index contributed by atoms with van der Waals surface area (Å²) < 4.78 is 7.83. The van der Waals surface area contributed by atoms with Crippen molar-refractivity contribution in [3.63, 3.8) is 0 Å². The Bertz CT molecular complexity index is 540. The van der Waals surface area contributed by atoms with Gasteiger partial charge in [0.05, 0.1) is 18.8 Å². The van der Waals surface area contributed by atoms with E-state index in [0.29, 0.717) is 0 Å². The van der Waals surface area contributed by atoms with E-state index in [1.54, 1.807) is 0 Å². The predicted octanol–water partition coefficient (Wildman–Crippen LogP) is 2.68. The molecule has 2 aromatic heterocycles. The van der Waals surface area contributed by atoms with Gasteiger partial charge in [0.2, 0.25) is 0 Å². The zero-order valence-electron chi connectivity index (χ0n) is 12.3. The van der Waals surface area contributed by atoms with Gasteiger partial charge in [0.15, 0.2) is 0 Å². The molecule has 0 atom stereocenters. The fraction of sp³-hybridized carbons (Fsp3) is 0.533. The number of rotatable bonds is 6. The zero-order valence-corrected chi connectivity index (χ0v) is 12.3. The van der Waals surface area contributed by atoms with Crippen molar-refractivity contribution in [3.8, 4) is 0 Å². The fourth-order valence-electron chi connectivity index (χ4n) is 2.28. The van der Waals surface area contributed by atoms with E-state index in [0.717, 1.165) is 43.1 Å². The molecule has 0 saturated heterocycles. The molecular weight excluding hydrogens is 238 g/mol. The summed E-state index contributed by atoms with van der Waals surface area (Å²) in [5, 5.41) is 7.76. The van der Waals surface area contributed by atoms with Crippen LogP contribution in [0.4, 0.5) is 0 Å². The zero-order chi connectivity index (χ0) is 13.8. The van der Waals surface area contributed by atoms with Crippen molar-refractivity contribution in [2.45, 2.75) is 46.7 Å². The van der Waals surface area contributed by atoms with Crippen LogP contribution in [-0.4, -0.2) is 16.8 Å². The van der Waals surface area contributed by atoms with Crippen LogP contribution in [0.2, 0.25) is 0 Å². The molecule has 0 radical (unpaired) electrons. The van der Waals surface area contributed by atoms with Crippen molar-refractivity contribution in [3.05, 3.63) is 40.6 Å². The number of hydrogen-bond acceptors (Lipinski definition) is 3. The van der Waals surface area contributed by atoms with Gasteiger partial charge in [0, 0.05) is 11.3 Å². The summed E-state index contributed by atoms with van der Waals surface area (Å²) in [6, 6.07) is 4.32. The van der Waals surface area contributed by atoms with E-state index in [2.05, 4.69) is 41.1 Å². The smallest absolute Gasteiger partial charge is 0.118 e. The normalized spacial score (nSPS) is 11.2. The first-order chi connectivity index (χ1) is 9.17. The summed E-state index contributed by atoms with van der Waals surface area (Å²) in [7, 11) is 1.92. The Morgan fingerprint density at radius 3 is 2.68 bits per heavy atom. The number of nitrogens with one attached hydrogen (secondary N) is 1. The topological polar surface area (TPSA) is 43.0 Å². The Balaban J connectivity index is 2.22. The predicted molar refractivity (Wildman–Crippen MR) is 76.3 cm³/mol. The number of nitrogens with zero attached hydrogens (tertiary/aromatic N) is 2. The third-order valence-electron chi connectivity index (χ3n) is 3.38. The minimum absolute atomic E-state index is 0.765. The van der Waals surface area contributed by atoms with Gasteiger partial charge in [-0.1, -0.05) is 13.8 Å². The summed E-state index contributed by atoms with van der Waals surface area (Å²) in [5.74, 6) is 1.97. The van der Waals surface area contributed by atoms with Crippen LogP contribution in [0.25, 0.3) is 0 Å². The lowest BCUT2D eigenvalue weighted by molar-refractivity contribution is 0.467. The van der Waals surface area contributed by atoms with Gasteiger partial charge in [-0.25, -0.2) is 0 Å². The third kappa shape index (κ3) is 3.07. The maximum absolute atomic E-state index is 5.73. The minimum Gasteiger partial charge on any atom is -0.465 e. The summed E-state index contributed by atoms with van der Waals surface area (Å²) in [5.41, 5.74) is 3.66. The van der Waals surface area contributed by atoms with Gasteiger partial charge in [0.1, 0.15) is 11.5 Å². The number of aromatic nitrogens is 2. The van der Waals surface area contributed by atoms with E-state index in [4.69, 9.17) is 4.42 Å². The van der Waals surface area contributed by atoms with Gasteiger partial charge in [-0.2, -0.15) is 5.10 Å². The highest BCUT2D eigenvalue weighted by atomic mass is 16.3. The Hall–Kier alpha value is -1.55. The van der Waals surface area contributed by atoms with Crippen molar-refractivity contribution >= 4 is 0 Å². The molecule has 0 saturated carbocycles. The van der Waals surface area contributed by atoms with Gasteiger partial charge in [-0.3, -0.25) is 4.68 Å². The van der Waals surface area contributed by atoms with Crippen LogP contribution >= 0.6 is 0 Å². The highest BCUT2D eigenvalue weighted by Gasteiger charge is 2.11. The summed E-state index contributed by atoms with van der Waals surface area (Å²) in [6.45, 7) is 7.88. The van der Waals surface area contributed by atoms with Crippen molar-refractivity contribution < 1.29 is 4.42 Å². The quantitative estimate of drug-likeness (QED) is 0.869. The molecular formula is C15H23N3O. The second kappa shape index (κ2) is 6.06. The molecule has 2 heterocycles. The van der Waals surface area contributed by atoms with Crippen molar-refractivity contribution in [1.82, 2.24) is 15.1 Å². The fourth-order valence-corrected chi connectivity index (χ4v) is 2.28. The molecule has 0 amide bonds. The molecule has 0 fully saturated rings. The largest absolute Gasteiger partial charge is 0.465 e. The molecule has 0 aliphatic rings. The first kappa shape index (κ1) is 13.9. The van der Waals surface area contributed by atoms with Crippen LogP contribution < -0.4 is 5.32 Å². The third-order valence-corrected chi connectivity index (χ3v) is 3.38. The molecule has 2 aromatic rings. The van der Waals surface area contributed by atoms with Crippen LogP contribution in [-0.2, 0) is 25.9 Å². The van der Waals surface area contributed by atoms with E-state index >= 15 is 0 Å². The van der Waals surface area contributed by atoms with Gasteiger partial charge in [-0.15, -0.1) is 0 Å². The van der Waals surface area contributed by atoms with Crippen molar-refractivity contribution in [2.75, 3.05) is 7.05 Å². The molecule has 19 heavy (non-hydrogen) atoms. The van der Waals surface area contributed by atoms with Crippen LogP contribution in [0.3, 0.4) is 0 Å². The second-order valence-corrected chi connectivity index (χ2v) is 4.82. The molecule has 0 aromatic carbocycles. The average molecular weight is 261 g/mol. The summed E-state index contributed by atoms with van der Waals surface area (Å²) in [6.07, 6.45) is 1.99. The minimum atomic E-state index is 0.765. The Morgan fingerprint density at radius 2 is 2.05 bits per heavy atom. The van der Waals surface area contributed by atoms with Crippen LogP contribution in [0, 0.1) is 6.92 Å². The monoisotopic (exact) mass is 261 g/mol. The number of aryl methyl sites for hydroxylation is 3. The molecule has 104 valence electrons. The van der Waals surface area contributed by atoms with Crippen molar-refractivity contribution in [1.29, 1.82) is 0 Å². The highest BCUT2D eigenvalue weighted by molar-refractivity contribution is 5.22. The molecule has 2 rings (SSSR count). The van der Waals surface area contributed by atoms with Gasteiger partial charge in [-0.05, 0) is 38.9 Å². The Labute approximate surface area is 114 Å². The number of hydrogen-bond donors (Lipinski definition) is 1. The summed E-state index contributed by atoms with van der Waals surface area (Å²) >= 11 is 0. The van der Waals surface area contributed by atoms with E-state index in [1.807, 2.05) is 14.0 Å². The Morgan fingerprint density at radius 1 is 1.26 bits per heavy atom. The van der Waals surface area contributed by atoms with E-state index in [1.165, 1.54) is 11.3 Å². The molecule has 0 aliphatic carbocycles. The lowest BCUT2D eigenvalue weighted by Crippen LogP contribution is -2.06. The van der Waals surface area contributed by atoms with Crippen LogP contribution in [0.1, 0.15) is 42.3 Å². The molecule has 1 N–H and O–H groups in total. The van der Waals surface area contributed by atoms with Gasteiger partial charge < -0.3 is 9.73 Å². The lowest BCUT2D eigenvalue weighted by Gasteiger charge is -2.04. The SMILES string of the molecule is CCc1cc(CC)n(Cc2cc(CNC)oc2C)n1. The highest BCUT2D eigenvalue weighted by Crippen LogP contribution is 2.17. The lowest BCUT2D eigenvalue weighted by atomic mass is 10.2. The molecule has 0 spiro atoms. The first-order valence-corrected chi connectivity index (χ1v) is 6.96. The van der Waals surface area contributed by atoms with Crippen molar-refractivity contribution in [2.24, 2.45) is 0 Å². The van der Waals surface area contributed by atoms with E-state index in [9.17, 15) is 0 Å². The molecule has 4 nitrogen and oxygen atoms in total.